The number of para-hydroxylation sites is 1. The van der Waals surface area contributed by atoms with Crippen LogP contribution in [0.15, 0.2) is 24.3 Å². The monoisotopic (exact) mass is 333 g/mol. The molecule has 1 spiro atoms. The number of ether oxygens (including phenoxy) is 3. The Bertz CT molecular complexity index is 554. The summed E-state index contributed by atoms with van der Waals surface area (Å²) < 4.78 is 16.6. The molecule has 5 heteroatoms. The van der Waals surface area contributed by atoms with Crippen molar-refractivity contribution in [1.82, 2.24) is 5.32 Å². The minimum Gasteiger partial charge on any atom is -0.487 e. The summed E-state index contributed by atoms with van der Waals surface area (Å²) in [5.41, 5.74) is 0.945. The van der Waals surface area contributed by atoms with Gasteiger partial charge in [0.2, 0.25) is 5.91 Å². The highest BCUT2D eigenvalue weighted by molar-refractivity contribution is 5.77. The zero-order valence-electron chi connectivity index (χ0n) is 14.4. The lowest BCUT2D eigenvalue weighted by atomic mass is 9.77. The molecular weight excluding hydrogens is 306 g/mol. The van der Waals surface area contributed by atoms with Gasteiger partial charge in [0.05, 0.1) is 19.3 Å². The van der Waals surface area contributed by atoms with Gasteiger partial charge in [-0.2, -0.15) is 0 Å². The minimum atomic E-state index is -0.124. The number of hydrogen-bond acceptors (Lipinski definition) is 4. The Balaban J connectivity index is 1.67. The molecule has 1 heterocycles. The number of carbonyl (C=O) groups excluding carboxylic acids is 1. The van der Waals surface area contributed by atoms with Gasteiger partial charge in [0.1, 0.15) is 18.0 Å². The average Bonchev–Trinajstić information content (AvgIpc) is 2.59. The molecule has 0 unspecified atom stereocenters. The van der Waals surface area contributed by atoms with Crippen LogP contribution in [0.3, 0.4) is 0 Å². The van der Waals surface area contributed by atoms with Crippen molar-refractivity contribution >= 4 is 5.91 Å². The second-order valence-corrected chi connectivity index (χ2v) is 6.75. The van der Waals surface area contributed by atoms with Crippen LogP contribution in [0.25, 0.3) is 0 Å². The van der Waals surface area contributed by atoms with E-state index in [9.17, 15) is 4.79 Å². The van der Waals surface area contributed by atoms with Gasteiger partial charge in [0, 0.05) is 19.1 Å². The highest BCUT2D eigenvalue weighted by atomic mass is 16.5. The number of rotatable bonds is 6. The topological polar surface area (TPSA) is 56.8 Å². The second kappa shape index (κ2) is 7.99. The first kappa shape index (κ1) is 17.2. The molecule has 1 N–H and O–H groups in total. The number of fused-ring (bicyclic) bond motifs is 1. The summed E-state index contributed by atoms with van der Waals surface area (Å²) in [6.07, 6.45) is 6.65. The summed E-state index contributed by atoms with van der Waals surface area (Å²) in [7, 11) is 1.62. The van der Waals surface area contributed by atoms with Crippen LogP contribution in [0.2, 0.25) is 0 Å². The van der Waals surface area contributed by atoms with E-state index in [0.29, 0.717) is 13.2 Å². The van der Waals surface area contributed by atoms with Crippen LogP contribution in [0.5, 0.6) is 5.75 Å². The third-order valence-electron chi connectivity index (χ3n) is 4.96. The van der Waals surface area contributed by atoms with Crippen molar-refractivity contribution in [2.45, 2.75) is 50.2 Å². The van der Waals surface area contributed by atoms with E-state index in [1.54, 1.807) is 7.11 Å². The summed E-state index contributed by atoms with van der Waals surface area (Å²) in [6, 6.07) is 8.04. The zero-order chi connectivity index (χ0) is 16.8. The molecule has 1 aromatic rings. The van der Waals surface area contributed by atoms with E-state index in [4.69, 9.17) is 14.2 Å². The Morgan fingerprint density at radius 1 is 1.25 bits per heavy atom. The lowest BCUT2D eigenvalue weighted by molar-refractivity contribution is -0.127. The highest BCUT2D eigenvalue weighted by Gasteiger charge is 2.42. The van der Waals surface area contributed by atoms with Gasteiger partial charge in [-0.1, -0.05) is 24.6 Å². The normalized spacial score (nSPS) is 21.8. The Kier molecular flexibility index (Phi) is 5.74. The minimum absolute atomic E-state index is 0.00780. The molecule has 1 atom stereocenters. The summed E-state index contributed by atoms with van der Waals surface area (Å²) in [6.45, 7) is 0.991. The molecule has 24 heavy (non-hydrogen) atoms. The molecule has 1 fully saturated rings. The van der Waals surface area contributed by atoms with Gasteiger partial charge in [0.25, 0.3) is 0 Å². The maximum absolute atomic E-state index is 12.2. The molecular formula is C19H27NO4. The lowest BCUT2D eigenvalue weighted by Gasteiger charge is -2.44. The molecule has 1 amide bonds. The number of benzene rings is 1. The Labute approximate surface area is 143 Å². The first-order valence-corrected chi connectivity index (χ1v) is 8.86. The number of nitrogens with one attached hydrogen (secondary N) is 1. The second-order valence-electron chi connectivity index (χ2n) is 6.75. The van der Waals surface area contributed by atoms with Crippen molar-refractivity contribution < 1.29 is 19.0 Å². The maximum atomic E-state index is 12.2. The van der Waals surface area contributed by atoms with Crippen molar-refractivity contribution in [2.24, 2.45) is 0 Å². The SMILES string of the molecule is COCCOCC(=O)N[C@@H]1CC2(CCCCC2)Oc2ccccc21. The van der Waals surface area contributed by atoms with Crippen LogP contribution in [-0.2, 0) is 14.3 Å². The van der Waals surface area contributed by atoms with E-state index in [0.717, 1.165) is 30.6 Å². The van der Waals surface area contributed by atoms with Crippen molar-refractivity contribution in [3.8, 4) is 5.75 Å². The van der Waals surface area contributed by atoms with Gasteiger partial charge >= 0.3 is 0 Å². The van der Waals surface area contributed by atoms with Crippen LogP contribution in [0, 0.1) is 0 Å². The van der Waals surface area contributed by atoms with Gasteiger partial charge in [-0.3, -0.25) is 4.79 Å². The molecule has 1 aromatic carbocycles. The molecule has 0 aromatic heterocycles. The Morgan fingerprint density at radius 3 is 2.83 bits per heavy atom. The van der Waals surface area contributed by atoms with E-state index in [-0.39, 0.29) is 24.2 Å². The largest absolute Gasteiger partial charge is 0.487 e. The van der Waals surface area contributed by atoms with Gasteiger partial charge in [0.15, 0.2) is 0 Å². The molecule has 0 bridgehead atoms. The Hall–Kier alpha value is -1.59. The molecule has 5 nitrogen and oxygen atoms in total. The molecule has 0 radical (unpaired) electrons. The fourth-order valence-corrected chi connectivity index (χ4v) is 3.79. The van der Waals surface area contributed by atoms with E-state index < -0.39 is 0 Å². The predicted molar refractivity (Wildman–Crippen MR) is 91.1 cm³/mol. The molecule has 132 valence electrons. The number of carbonyl (C=O) groups is 1. The van der Waals surface area contributed by atoms with Crippen LogP contribution < -0.4 is 10.1 Å². The van der Waals surface area contributed by atoms with Crippen molar-refractivity contribution in [3.05, 3.63) is 29.8 Å². The fraction of sp³-hybridized carbons (Fsp3) is 0.632. The number of amides is 1. The van der Waals surface area contributed by atoms with Gasteiger partial charge < -0.3 is 19.5 Å². The quantitative estimate of drug-likeness (QED) is 0.813. The smallest absolute Gasteiger partial charge is 0.246 e. The molecule has 2 aliphatic rings. The average molecular weight is 333 g/mol. The van der Waals surface area contributed by atoms with Gasteiger partial charge in [-0.05, 0) is 31.7 Å². The third kappa shape index (κ3) is 4.08. The van der Waals surface area contributed by atoms with Crippen LogP contribution in [0.1, 0.15) is 50.1 Å². The maximum Gasteiger partial charge on any atom is 0.246 e. The molecule has 0 saturated heterocycles. The Morgan fingerprint density at radius 2 is 2.04 bits per heavy atom. The molecule has 1 aliphatic carbocycles. The summed E-state index contributed by atoms with van der Waals surface area (Å²) >= 11 is 0. The van der Waals surface area contributed by atoms with E-state index in [1.165, 1.54) is 19.3 Å². The summed E-state index contributed by atoms with van der Waals surface area (Å²) in [5, 5.41) is 3.14. The standard InChI is InChI=1S/C19H27NO4/c1-22-11-12-23-14-18(21)20-16-13-19(9-5-2-6-10-19)24-17-8-4-3-7-15(16)17/h3-4,7-8,16H,2,5-6,9-14H2,1H3,(H,20,21)/t16-/m1/s1. The first-order chi connectivity index (χ1) is 11.7. The van der Waals surface area contributed by atoms with Crippen LogP contribution >= 0.6 is 0 Å². The number of methoxy groups -OCH3 is 1. The summed E-state index contributed by atoms with van der Waals surface area (Å²) in [5.74, 6) is 0.829. The van der Waals surface area contributed by atoms with E-state index in [2.05, 4.69) is 5.32 Å². The number of hydrogen-bond donors (Lipinski definition) is 1. The van der Waals surface area contributed by atoms with Crippen LogP contribution in [-0.4, -0.2) is 38.4 Å². The van der Waals surface area contributed by atoms with E-state index in [1.807, 2.05) is 24.3 Å². The fourth-order valence-electron chi connectivity index (χ4n) is 3.79. The third-order valence-corrected chi connectivity index (χ3v) is 4.96. The van der Waals surface area contributed by atoms with Gasteiger partial charge in [-0.15, -0.1) is 0 Å². The van der Waals surface area contributed by atoms with Crippen LogP contribution in [0.4, 0.5) is 0 Å². The van der Waals surface area contributed by atoms with E-state index >= 15 is 0 Å². The van der Waals surface area contributed by atoms with Crippen molar-refractivity contribution in [2.75, 3.05) is 26.9 Å². The lowest BCUT2D eigenvalue weighted by Crippen LogP contribution is -2.47. The molecule has 1 aliphatic heterocycles. The van der Waals surface area contributed by atoms with Crippen molar-refractivity contribution in [3.63, 3.8) is 0 Å². The molecule has 1 saturated carbocycles. The zero-order valence-corrected chi connectivity index (χ0v) is 14.4. The molecule has 3 rings (SSSR count). The van der Waals surface area contributed by atoms with Gasteiger partial charge in [-0.25, -0.2) is 0 Å². The summed E-state index contributed by atoms with van der Waals surface area (Å²) in [4.78, 5) is 12.2. The van der Waals surface area contributed by atoms with Crippen molar-refractivity contribution in [1.29, 1.82) is 0 Å². The highest BCUT2D eigenvalue weighted by Crippen LogP contribution is 2.45. The predicted octanol–water partition coefficient (Wildman–Crippen LogP) is 2.99. The first-order valence-electron chi connectivity index (χ1n) is 8.86.